The smallest absolute Gasteiger partial charge is 0.123 e. The molecule has 110 valence electrons. The van der Waals surface area contributed by atoms with Crippen LogP contribution in [0.3, 0.4) is 0 Å². The Hall–Kier alpha value is -0.770. The second-order valence-electron chi connectivity index (χ2n) is 6.00. The molecule has 0 spiro atoms. The Balaban J connectivity index is 1.53. The standard InChI is InChI=1S/C16H23ClN2O/c17-15-3-4-16(20-11-12-1-2-12)14(7-15)10-19-9-13-5-6-18-8-13/h3-4,7,12-13,18-19H,1-2,5-6,8-11H2/t13-/m1/s1. The first-order valence-electron chi connectivity index (χ1n) is 7.64. The molecule has 1 aromatic carbocycles. The van der Waals surface area contributed by atoms with Crippen molar-refractivity contribution in [2.24, 2.45) is 11.8 Å². The highest BCUT2D eigenvalue weighted by Crippen LogP contribution is 2.31. The summed E-state index contributed by atoms with van der Waals surface area (Å²) in [6, 6.07) is 5.93. The summed E-state index contributed by atoms with van der Waals surface area (Å²) in [5.41, 5.74) is 1.17. The first-order valence-corrected chi connectivity index (χ1v) is 8.02. The van der Waals surface area contributed by atoms with Gasteiger partial charge < -0.3 is 15.4 Å². The maximum absolute atomic E-state index is 6.10. The van der Waals surface area contributed by atoms with Gasteiger partial charge in [0.05, 0.1) is 6.61 Å². The average molecular weight is 295 g/mol. The Morgan fingerprint density at radius 1 is 1.25 bits per heavy atom. The molecule has 1 aliphatic heterocycles. The van der Waals surface area contributed by atoms with Crippen LogP contribution in [-0.2, 0) is 6.54 Å². The fraction of sp³-hybridized carbons (Fsp3) is 0.625. The fourth-order valence-corrected chi connectivity index (χ4v) is 2.81. The van der Waals surface area contributed by atoms with Gasteiger partial charge in [0.1, 0.15) is 5.75 Å². The van der Waals surface area contributed by atoms with E-state index in [4.69, 9.17) is 16.3 Å². The number of rotatable bonds is 7. The molecule has 0 amide bonds. The van der Waals surface area contributed by atoms with Gasteiger partial charge in [0.25, 0.3) is 0 Å². The van der Waals surface area contributed by atoms with E-state index in [2.05, 4.69) is 10.6 Å². The third kappa shape index (κ3) is 4.11. The predicted molar refractivity (Wildman–Crippen MR) is 82.4 cm³/mol. The molecule has 20 heavy (non-hydrogen) atoms. The van der Waals surface area contributed by atoms with Gasteiger partial charge in [0.2, 0.25) is 0 Å². The van der Waals surface area contributed by atoms with Gasteiger partial charge >= 0.3 is 0 Å². The van der Waals surface area contributed by atoms with Crippen molar-refractivity contribution in [2.75, 3.05) is 26.2 Å². The van der Waals surface area contributed by atoms with Crippen molar-refractivity contribution in [3.05, 3.63) is 28.8 Å². The number of hydrogen-bond donors (Lipinski definition) is 2. The fourth-order valence-electron chi connectivity index (χ4n) is 2.62. The molecule has 2 aliphatic rings. The first-order chi connectivity index (χ1) is 9.81. The molecule has 1 aromatic rings. The van der Waals surface area contributed by atoms with E-state index in [-0.39, 0.29) is 0 Å². The first kappa shape index (κ1) is 14.2. The summed E-state index contributed by atoms with van der Waals surface area (Å²) < 4.78 is 5.93. The number of nitrogens with one attached hydrogen (secondary N) is 2. The predicted octanol–water partition coefficient (Wildman–Crippen LogP) is 2.83. The number of hydrogen-bond acceptors (Lipinski definition) is 3. The molecule has 0 bridgehead atoms. The van der Waals surface area contributed by atoms with Crippen LogP contribution in [-0.4, -0.2) is 26.2 Å². The molecular formula is C16H23ClN2O. The Labute approximate surface area is 126 Å². The van der Waals surface area contributed by atoms with Crippen LogP contribution in [0.2, 0.25) is 5.02 Å². The van der Waals surface area contributed by atoms with E-state index in [1.54, 1.807) is 0 Å². The monoisotopic (exact) mass is 294 g/mol. The zero-order valence-corrected chi connectivity index (χ0v) is 12.6. The van der Waals surface area contributed by atoms with Crippen molar-refractivity contribution in [1.29, 1.82) is 0 Å². The minimum atomic E-state index is 0.755. The Bertz CT molecular complexity index is 442. The molecule has 0 aromatic heterocycles. The Morgan fingerprint density at radius 2 is 2.15 bits per heavy atom. The summed E-state index contributed by atoms with van der Waals surface area (Å²) in [5, 5.41) is 7.71. The van der Waals surface area contributed by atoms with Crippen molar-refractivity contribution < 1.29 is 4.74 Å². The zero-order chi connectivity index (χ0) is 13.8. The Kier molecular flexibility index (Phi) is 4.81. The van der Waals surface area contributed by atoms with Crippen molar-refractivity contribution in [3.63, 3.8) is 0 Å². The minimum Gasteiger partial charge on any atom is -0.493 e. The van der Waals surface area contributed by atoms with E-state index >= 15 is 0 Å². The molecule has 2 N–H and O–H groups in total. The van der Waals surface area contributed by atoms with Crippen LogP contribution in [0.4, 0.5) is 0 Å². The van der Waals surface area contributed by atoms with Gasteiger partial charge in [-0.1, -0.05) is 11.6 Å². The summed E-state index contributed by atoms with van der Waals surface area (Å²) in [6.07, 6.45) is 3.90. The molecule has 0 radical (unpaired) electrons. The summed E-state index contributed by atoms with van der Waals surface area (Å²) in [6.45, 7) is 5.02. The van der Waals surface area contributed by atoms with Crippen LogP contribution >= 0.6 is 11.6 Å². The molecule has 1 saturated heterocycles. The van der Waals surface area contributed by atoms with E-state index in [9.17, 15) is 0 Å². The summed E-state index contributed by atoms with van der Waals surface area (Å²) >= 11 is 6.10. The van der Waals surface area contributed by atoms with Gasteiger partial charge in [-0.05, 0) is 68.9 Å². The van der Waals surface area contributed by atoms with Crippen molar-refractivity contribution in [2.45, 2.75) is 25.8 Å². The number of ether oxygens (including phenoxy) is 1. The third-order valence-electron chi connectivity index (χ3n) is 4.10. The highest BCUT2D eigenvalue weighted by Gasteiger charge is 2.22. The molecule has 0 unspecified atom stereocenters. The van der Waals surface area contributed by atoms with Crippen molar-refractivity contribution in [3.8, 4) is 5.75 Å². The highest BCUT2D eigenvalue weighted by molar-refractivity contribution is 6.30. The van der Waals surface area contributed by atoms with E-state index in [0.717, 1.165) is 55.4 Å². The van der Waals surface area contributed by atoms with E-state index in [1.807, 2.05) is 18.2 Å². The molecule has 3 rings (SSSR count). The quantitative estimate of drug-likeness (QED) is 0.811. The molecule has 2 fully saturated rings. The lowest BCUT2D eigenvalue weighted by molar-refractivity contribution is 0.296. The lowest BCUT2D eigenvalue weighted by atomic mass is 10.1. The highest BCUT2D eigenvalue weighted by atomic mass is 35.5. The molecule has 1 aliphatic carbocycles. The van der Waals surface area contributed by atoms with Gasteiger partial charge in [0, 0.05) is 17.1 Å². The van der Waals surface area contributed by atoms with Crippen LogP contribution < -0.4 is 15.4 Å². The summed E-state index contributed by atoms with van der Waals surface area (Å²) in [4.78, 5) is 0. The summed E-state index contributed by atoms with van der Waals surface area (Å²) in [7, 11) is 0. The molecule has 1 saturated carbocycles. The van der Waals surface area contributed by atoms with Crippen LogP contribution in [0.25, 0.3) is 0 Å². The summed E-state index contributed by atoms with van der Waals surface area (Å²) in [5.74, 6) is 2.51. The van der Waals surface area contributed by atoms with E-state index in [1.165, 1.54) is 24.8 Å². The lowest BCUT2D eigenvalue weighted by Crippen LogP contribution is -2.24. The molecule has 4 heteroatoms. The molecule has 1 atom stereocenters. The molecule has 3 nitrogen and oxygen atoms in total. The second kappa shape index (κ2) is 6.79. The largest absolute Gasteiger partial charge is 0.493 e. The van der Waals surface area contributed by atoms with Crippen LogP contribution in [0.5, 0.6) is 5.75 Å². The van der Waals surface area contributed by atoms with Gasteiger partial charge in [-0.3, -0.25) is 0 Å². The van der Waals surface area contributed by atoms with Crippen LogP contribution in [0, 0.1) is 11.8 Å². The average Bonchev–Trinajstić information content (AvgIpc) is 3.13. The van der Waals surface area contributed by atoms with Crippen molar-refractivity contribution >= 4 is 11.6 Å². The zero-order valence-electron chi connectivity index (χ0n) is 11.8. The normalized spacial score (nSPS) is 22.1. The third-order valence-corrected chi connectivity index (χ3v) is 4.34. The SMILES string of the molecule is Clc1ccc(OCC2CC2)c(CNC[C@@H]2CCNC2)c1. The molecular weight excluding hydrogens is 272 g/mol. The number of halogens is 1. The molecule has 1 heterocycles. The number of benzene rings is 1. The topological polar surface area (TPSA) is 33.3 Å². The van der Waals surface area contributed by atoms with Gasteiger partial charge in [-0.2, -0.15) is 0 Å². The Morgan fingerprint density at radius 3 is 2.90 bits per heavy atom. The van der Waals surface area contributed by atoms with Gasteiger partial charge in [-0.25, -0.2) is 0 Å². The van der Waals surface area contributed by atoms with Crippen molar-refractivity contribution in [1.82, 2.24) is 10.6 Å². The maximum atomic E-state index is 6.10. The lowest BCUT2D eigenvalue weighted by Gasteiger charge is -2.14. The van der Waals surface area contributed by atoms with Crippen LogP contribution in [0.15, 0.2) is 18.2 Å². The van der Waals surface area contributed by atoms with E-state index in [0.29, 0.717) is 0 Å². The maximum Gasteiger partial charge on any atom is 0.123 e. The minimum absolute atomic E-state index is 0.755. The second-order valence-corrected chi connectivity index (χ2v) is 6.43. The van der Waals surface area contributed by atoms with Crippen LogP contribution in [0.1, 0.15) is 24.8 Å². The van der Waals surface area contributed by atoms with Gasteiger partial charge in [0.15, 0.2) is 0 Å². The van der Waals surface area contributed by atoms with Gasteiger partial charge in [-0.15, -0.1) is 0 Å². The van der Waals surface area contributed by atoms with E-state index < -0.39 is 0 Å².